The van der Waals surface area contributed by atoms with E-state index >= 15 is 0 Å². The SMILES string of the molecule is COc1ccc(/C=N\NC(=O)CN(Cc2ccccc2)Cc2ccccc2)cc1. The lowest BCUT2D eigenvalue weighted by molar-refractivity contribution is -0.122. The number of nitrogens with zero attached hydrogens (tertiary/aromatic N) is 2. The van der Waals surface area contributed by atoms with Crippen molar-refractivity contribution in [2.45, 2.75) is 13.1 Å². The van der Waals surface area contributed by atoms with Crippen molar-refractivity contribution in [3.8, 4) is 5.75 Å². The Bertz CT molecular complexity index is 868. The average molecular weight is 387 g/mol. The fourth-order valence-electron chi connectivity index (χ4n) is 2.96. The van der Waals surface area contributed by atoms with Crippen LogP contribution in [0.3, 0.4) is 0 Å². The molecule has 0 bridgehead atoms. The molecule has 1 N–H and O–H groups in total. The zero-order chi connectivity index (χ0) is 20.3. The first-order valence-corrected chi connectivity index (χ1v) is 9.49. The summed E-state index contributed by atoms with van der Waals surface area (Å²) in [6.07, 6.45) is 1.62. The van der Waals surface area contributed by atoms with Crippen molar-refractivity contribution >= 4 is 12.1 Å². The Hall–Kier alpha value is -3.44. The summed E-state index contributed by atoms with van der Waals surface area (Å²) in [5.74, 6) is 0.630. The second kappa shape index (κ2) is 10.8. The largest absolute Gasteiger partial charge is 0.497 e. The van der Waals surface area contributed by atoms with Crippen molar-refractivity contribution in [1.82, 2.24) is 10.3 Å². The van der Waals surface area contributed by atoms with Crippen molar-refractivity contribution < 1.29 is 9.53 Å². The molecule has 148 valence electrons. The van der Waals surface area contributed by atoms with Gasteiger partial charge in [0.25, 0.3) is 5.91 Å². The molecule has 0 spiro atoms. The first kappa shape index (κ1) is 20.3. The van der Waals surface area contributed by atoms with E-state index in [0.717, 1.165) is 22.4 Å². The Morgan fingerprint density at radius 3 is 1.97 bits per heavy atom. The van der Waals surface area contributed by atoms with Crippen molar-refractivity contribution in [3.05, 3.63) is 102 Å². The highest BCUT2D eigenvalue weighted by atomic mass is 16.5. The third-order valence-corrected chi connectivity index (χ3v) is 4.38. The summed E-state index contributed by atoms with van der Waals surface area (Å²) >= 11 is 0. The number of amides is 1. The summed E-state index contributed by atoms with van der Waals surface area (Å²) in [5.41, 5.74) is 5.83. The molecule has 0 unspecified atom stereocenters. The minimum Gasteiger partial charge on any atom is -0.497 e. The molecule has 0 aliphatic carbocycles. The number of methoxy groups -OCH3 is 1. The second-order valence-electron chi connectivity index (χ2n) is 6.68. The van der Waals surface area contributed by atoms with Gasteiger partial charge in [0.1, 0.15) is 5.75 Å². The summed E-state index contributed by atoms with van der Waals surface area (Å²) in [4.78, 5) is 14.5. The second-order valence-corrected chi connectivity index (χ2v) is 6.68. The molecular weight excluding hydrogens is 362 g/mol. The summed E-state index contributed by atoms with van der Waals surface area (Å²) in [6, 6.07) is 27.8. The van der Waals surface area contributed by atoms with Crippen LogP contribution in [-0.4, -0.2) is 30.7 Å². The normalized spacial score (nSPS) is 11.0. The lowest BCUT2D eigenvalue weighted by Crippen LogP contribution is -2.34. The molecule has 3 aromatic rings. The zero-order valence-corrected chi connectivity index (χ0v) is 16.5. The van der Waals surface area contributed by atoms with Gasteiger partial charge in [0.2, 0.25) is 0 Å². The first-order chi connectivity index (χ1) is 14.2. The Balaban J connectivity index is 1.59. The Labute approximate surface area is 171 Å². The number of carbonyl (C=O) groups is 1. The van der Waals surface area contributed by atoms with Gasteiger partial charge in [0.05, 0.1) is 19.9 Å². The Morgan fingerprint density at radius 1 is 0.897 bits per heavy atom. The van der Waals surface area contributed by atoms with Crippen LogP contribution >= 0.6 is 0 Å². The molecule has 0 radical (unpaired) electrons. The van der Waals surface area contributed by atoms with Crippen LogP contribution in [0, 0.1) is 0 Å². The van der Waals surface area contributed by atoms with Gasteiger partial charge in [0.15, 0.2) is 0 Å². The summed E-state index contributed by atoms with van der Waals surface area (Å²) in [7, 11) is 1.62. The van der Waals surface area contributed by atoms with Crippen LogP contribution in [-0.2, 0) is 17.9 Å². The molecule has 0 aliphatic heterocycles. The number of hydrogen-bond acceptors (Lipinski definition) is 4. The molecule has 1 amide bonds. The van der Waals surface area contributed by atoms with E-state index in [1.807, 2.05) is 60.7 Å². The van der Waals surface area contributed by atoms with Gasteiger partial charge in [-0.2, -0.15) is 5.10 Å². The number of rotatable bonds is 9. The van der Waals surface area contributed by atoms with Crippen LogP contribution in [0.4, 0.5) is 0 Å². The van der Waals surface area contributed by atoms with Crippen LogP contribution in [0.5, 0.6) is 5.75 Å². The smallest absolute Gasteiger partial charge is 0.254 e. The highest BCUT2D eigenvalue weighted by molar-refractivity contribution is 5.83. The summed E-state index contributed by atoms with van der Waals surface area (Å²) < 4.78 is 5.13. The molecule has 0 saturated heterocycles. The lowest BCUT2D eigenvalue weighted by Gasteiger charge is -2.21. The molecule has 0 aromatic heterocycles. The van der Waals surface area contributed by atoms with E-state index in [0.29, 0.717) is 13.1 Å². The summed E-state index contributed by atoms with van der Waals surface area (Å²) in [5, 5.41) is 4.07. The van der Waals surface area contributed by atoms with E-state index in [-0.39, 0.29) is 12.5 Å². The van der Waals surface area contributed by atoms with E-state index in [2.05, 4.69) is 39.7 Å². The maximum Gasteiger partial charge on any atom is 0.254 e. The summed E-state index contributed by atoms with van der Waals surface area (Å²) in [6.45, 7) is 1.63. The van der Waals surface area contributed by atoms with Gasteiger partial charge in [-0.05, 0) is 41.0 Å². The molecule has 5 heteroatoms. The van der Waals surface area contributed by atoms with Crippen LogP contribution < -0.4 is 10.2 Å². The highest BCUT2D eigenvalue weighted by Gasteiger charge is 2.12. The molecule has 0 saturated carbocycles. The lowest BCUT2D eigenvalue weighted by atomic mass is 10.1. The van der Waals surface area contributed by atoms with Crippen molar-refractivity contribution in [1.29, 1.82) is 0 Å². The average Bonchev–Trinajstić information content (AvgIpc) is 2.75. The third-order valence-electron chi connectivity index (χ3n) is 4.38. The molecule has 0 aliphatic rings. The minimum atomic E-state index is -0.151. The van der Waals surface area contributed by atoms with E-state index in [1.54, 1.807) is 13.3 Å². The van der Waals surface area contributed by atoms with Gasteiger partial charge in [-0.1, -0.05) is 60.7 Å². The minimum absolute atomic E-state index is 0.151. The standard InChI is InChI=1S/C24H25N3O2/c1-29-23-14-12-20(13-15-23)16-25-26-24(28)19-27(17-21-8-4-2-5-9-21)18-22-10-6-3-7-11-22/h2-16H,17-19H2,1H3,(H,26,28)/b25-16-. The van der Waals surface area contributed by atoms with Gasteiger partial charge in [0, 0.05) is 13.1 Å². The zero-order valence-electron chi connectivity index (χ0n) is 16.5. The number of carbonyl (C=O) groups excluding carboxylic acids is 1. The highest BCUT2D eigenvalue weighted by Crippen LogP contribution is 2.11. The molecule has 0 atom stereocenters. The van der Waals surface area contributed by atoms with Crippen molar-refractivity contribution in [3.63, 3.8) is 0 Å². The van der Waals surface area contributed by atoms with E-state index in [4.69, 9.17) is 4.74 Å². The molecule has 3 aromatic carbocycles. The quantitative estimate of drug-likeness (QED) is 0.448. The molecular formula is C24H25N3O2. The van der Waals surface area contributed by atoms with Gasteiger partial charge < -0.3 is 4.74 Å². The maximum absolute atomic E-state index is 12.4. The van der Waals surface area contributed by atoms with Gasteiger partial charge in [-0.3, -0.25) is 9.69 Å². The number of nitrogens with one attached hydrogen (secondary N) is 1. The monoisotopic (exact) mass is 387 g/mol. The van der Waals surface area contributed by atoms with E-state index in [1.165, 1.54) is 0 Å². The van der Waals surface area contributed by atoms with Gasteiger partial charge in [-0.25, -0.2) is 5.43 Å². The van der Waals surface area contributed by atoms with Crippen LogP contribution in [0.2, 0.25) is 0 Å². The fourth-order valence-corrected chi connectivity index (χ4v) is 2.96. The predicted molar refractivity (Wildman–Crippen MR) is 116 cm³/mol. The predicted octanol–water partition coefficient (Wildman–Crippen LogP) is 3.85. The topological polar surface area (TPSA) is 53.9 Å². The third kappa shape index (κ3) is 6.90. The number of hydrogen-bond donors (Lipinski definition) is 1. The number of benzene rings is 3. The maximum atomic E-state index is 12.4. The van der Waals surface area contributed by atoms with Gasteiger partial charge >= 0.3 is 0 Å². The molecule has 29 heavy (non-hydrogen) atoms. The number of ether oxygens (including phenoxy) is 1. The van der Waals surface area contributed by atoms with Gasteiger partial charge in [-0.15, -0.1) is 0 Å². The Morgan fingerprint density at radius 2 is 1.45 bits per heavy atom. The number of hydrazone groups is 1. The van der Waals surface area contributed by atoms with Crippen LogP contribution in [0.25, 0.3) is 0 Å². The van der Waals surface area contributed by atoms with E-state index < -0.39 is 0 Å². The van der Waals surface area contributed by atoms with Crippen LogP contribution in [0.15, 0.2) is 90.0 Å². The molecule has 5 nitrogen and oxygen atoms in total. The Kier molecular flexibility index (Phi) is 7.55. The molecule has 0 fully saturated rings. The fraction of sp³-hybridized carbons (Fsp3) is 0.167. The molecule has 3 rings (SSSR count). The van der Waals surface area contributed by atoms with E-state index in [9.17, 15) is 4.79 Å². The first-order valence-electron chi connectivity index (χ1n) is 9.49. The van der Waals surface area contributed by atoms with Crippen LogP contribution in [0.1, 0.15) is 16.7 Å². The van der Waals surface area contributed by atoms with Crippen molar-refractivity contribution in [2.75, 3.05) is 13.7 Å². The molecule has 0 heterocycles. The van der Waals surface area contributed by atoms with Crippen molar-refractivity contribution in [2.24, 2.45) is 5.10 Å².